The first-order valence-electron chi connectivity index (χ1n) is 4.86. The van der Waals surface area contributed by atoms with Crippen LogP contribution in [0.3, 0.4) is 0 Å². The topological polar surface area (TPSA) is 52.3 Å². The number of rotatable bonds is 4. The summed E-state index contributed by atoms with van der Waals surface area (Å²) in [7, 11) is 0. The van der Waals surface area contributed by atoms with Crippen LogP contribution in [0.4, 0.5) is 0 Å². The molecule has 0 unspecified atom stereocenters. The molecule has 1 saturated carbocycles. The summed E-state index contributed by atoms with van der Waals surface area (Å²) in [4.78, 5) is 12.2. The molecule has 0 aromatic heterocycles. The van der Waals surface area contributed by atoms with Crippen molar-refractivity contribution in [3.05, 3.63) is 23.8 Å². The molecule has 1 aliphatic carbocycles. The van der Waals surface area contributed by atoms with Crippen LogP contribution in [0.25, 0.3) is 0 Å². The van der Waals surface area contributed by atoms with E-state index in [1.807, 2.05) is 18.4 Å². The minimum absolute atomic E-state index is 0.278. The number of nitrogens with two attached hydrogens (primary N) is 1. The van der Waals surface area contributed by atoms with E-state index < -0.39 is 5.91 Å². The van der Waals surface area contributed by atoms with Gasteiger partial charge in [0.15, 0.2) is 0 Å². The number of benzene rings is 1. The van der Waals surface area contributed by atoms with Crippen molar-refractivity contribution >= 4 is 17.7 Å². The van der Waals surface area contributed by atoms with Crippen molar-refractivity contribution in [3.8, 4) is 5.75 Å². The summed E-state index contributed by atoms with van der Waals surface area (Å²) in [6.07, 6.45) is 4.34. The Hall–Kier alpha value is -1.16. The van der Waals surface area contributed by atoms with E-state index in [1.54, 1.807) is 6.07 Å². The zero-order valence-corrected chi connectivity index (χ0v) is 9.34. The molecule has 0 heterocycles. The maximum atomic E-state index is 11.3. The highest BCUT2D eigenvalue weighted by Crippen LogP contribution is 2.33. The Morgan fingerprint density at radius 2 is 2.27 bits per heavy atom. The van der Waals surface area contributed by atoms with Crippen LogP contribution in [-0.4, -0.2) is 18.3 Å². The molecule has 1 aliphatic rings. The normalized spacial score (nSPS) is 15.0. The van der Waals surface area contributed by atoms with Crippen molar-refractivity contribution in [1.82, 2.24) is 0 Å². The minimum Gasteiger partial charge on any atom is -0.490 e. The Bertz CT molecular complexity index is 388. The van der Waals surface area contributed by atoms with Crippen LogP contribution in [0, 0.1) is 0 Å². The number of carbonyl (C=O) groups is 1. The van der Waals surface area contributed by atoms with Gasteiger partial charge < -0.3 is 10.5 Å². The first-order valence-corrected chi connectivity index (χ1v) is 6.08. The zero-order chi connectivity index (χ0) is 10.8. The average Bonchev–Trinajstić information content (AvgIpc) is 3.01. The van der Waals surface area contributed by atoms with E-state index in [1.165, 1.54) is 11.8 Å². The van der Waals surface area contributed by atoms with E-state index in [-0.39, 0.29) is 6.10 Å². The smallest absolute Gasteiger partial charge is 0.253 e. The van der Waals surface area contributed by atoms with Gasteiger partial charge in [-0.3, -0.25) is 4.79 Å². The molecule has 4 heteroatoms. The van der Waals surface area contributed by atoms with Gasteiger partial charge in [0.1, 0.15) is 5.75 Å². The molecular formula is C11H13NO2S. The monoisotopic (exact) mass is 223 g/mol. The minimum atomic E-state index is -0.421. The summed E-state index contributed by atoms with van der Waals surface area (Å²) in [5.41, 5.74) is 5.87. The van der Waals surface area contributed by atoms with Gasteiger partial charge in [-0.1, -0.05) is 6.07 Å². The number of ether oxygens (including phenoxy) is 1. The van der Waals surface area contributed by atoms with E-state index in [9.17, 15) is 4.79 Å². The predicted octanol–water partition coefficient (Wildman–Crippen LogP) is 2.05. The van der Waals surface area contributed by atoms with E-state index in [0.717, 1.165) is 17.7 Å². The molecule has 0 atom stereocenters. The lowest BCUT2D eigenvalue weighted by Gasteiger charge is -2.11. The van der Waals surface area contributed by atoms with Gasteiger partial charge in [0.2, 0.25) is 0 Å². The number of amides is 1. The molecular weight excluding hydrogens is 210 g/mol. The fourth-order valence-corrected chi connectivity index (χ4v) is 2.01. The van der Waals surface area contributed by atoms with E-state index in [2.05, 4.69) is 0 Å². The third kappa shape index (κ3) is 2.26. The van der Waals surface area contributed by atoms with Crippen LogP contribution in [0.2, 0.25) is 0 Å². The lowest BCUT2D eigenvalue weighted by Crippen LogP contribution is -2.14. The molecule has 0 aliphatic heterocycles. The molecule has 1 fully saturated rings. The summed E-state index contributed by atoms with van der Waals surface area (Å²) < 4.78 is 5.65. The molecule has 1 amide bonds. The third-order valence-electron chi connectivity index (χ3n) is 2.27. The van der Waals surface area contributed by atoms with Crippen molar-refractivity contribution in [3.63, 3.8) is 0 Å². The van der Waals surface area contributed by atoms with Gasteiger partial charge in [-0.15, -0.1) is 11.8 Å². The maximum Gasteiger partial charge on any atom is 0.253 e. The van der Waals surface area contributed by atoms with Crippen LogP contribution in [0.1, 0.15) is 23.2 Å². The van der Waals surface area contributed by atoms with Gasteiger partial charge in [0, 0.05) is 4.90 Å². The fourth-order valence-electron chi connectivity index (χ4n) is 1.39. The zero-order valence-electron chi connectivity index (χ0n) is 8.53. The van der Waals surface area contributed by atoms with E-state index >= 15 is 0 Å². The summed E-state index contributed by atoms with van der Waals surface area (Å²) >= 11 is 1.50. The van der Waals surface area contributed by atoms with Crippen LogP contribution in [-0.2, 0) is 0 Å². The number of thioether (sulfide) groups is 1. The molecule has 0 spiro atoms. The molecule has 1 aromatic carbocycles. The second-order valence-corrected chi connectivity index (χ2v) is 4.36. The second kappa shape index (κ2) is 4.14. The highest BCUT2D eigenvalue weighted by Gasteiger charge is 2.26. The molecule has 3 nitrogen and oxygen atoms in total. The van der Waals surface area contributed by atoms with Crippen molar-refractivity contribution in [2.45, 2.75) is 23.8 Å². The van der Waals surface area contributed by atoms with E-state index in [0.29, 0.717) is 11.3 Å². The standard InChI is InChI=1S/C11H13NO2S/c1-15-9-4-2-3-8(10(9)11(12)13)14-7-5-6-7/h2-4,7H,5-6H2,1H3,(H2,12,13). The molecule has 1 aromatic rings. The summed E-state index contributed by atoms with van der Waals surface area (Å²) in [6, 6.07) is 5.57. The number of hydrogen-bond donors (Lipinski definition) is 1. The van der Waals surface area contributed by atoms with Gasteiger partial charge in [-0.2, -0.15) is 0 Å². The van der Waals surface area contributed by atoms with Crippen LogP contribution in [0.15, 0.2) is 23.1 Å². The molecule has 2 N–H and O–H groups in total. The number of primary amides is 1. The van der Waals surface area contributed by atoms with Gasteiger partial charge >= 0.3 is 0 Å². The second-order valence-electron chi connectivity index (χ2n) is 3.51. The largest absolute Gasteiger partial charge is 0.490 e. The lowest BCUT2D eigenvalue weighted by molar-refractivity contribution is 0.0993. The Kier molecular flexibility index (Phi) is 2.86. The third-order valence-corrected chi connectivity index (χ3v) is 3.05. The Morgan fingerprint density at radius 3 is 2.80 bits per heavy atom. The van der Waals surface area contributed by atoms with Gasteiger partial charge in [0.25, 0.3) is 5.91 Å². The molecule has 0 bridgehead atoms. The Labute approximate surface area is 93.0 Å². The SMILES string of the molecule is CSc1cccc(OC2CC2)c1C(N)=O. The Balaban J connectivity index is 2.37. The highest BCUT2D eigenvalue weighted by atomic mass is 32.2. The predicted molar refractivity (Wildman–Crippen MR) is 60.4 cm³/mol. The maximum absolute atomic E-state index is 11.3. The van der Waals surface area contributed by atoms with Crippen LogP contribution >= 0.6 is 11.8 Å². The van der Waals surface area contributed by atoms with E-state index in [4.69, 9.17) is 10.5 Å². The molecule has 2 rings (SSSR count). The van der Waals surface area contributed by atoms with Gasteiger partial charge in [-0.05, 0) is 31.2 Å². The summed E-state index contributed by atoms with van der Waals surface area (Å²) in [5, 5.41) is 0. The first kappa shape index (κ1) is 10.4. The molecule has 15 heavy (non-hydrogen) atoms. The quantitative estimate of drug-likeness (QED) is 0.795. The van der Waals surface area contributed by atoms with Gasteiger partial charge in [-0.25, -0.2) is 0 Å². The van der Waals surface area contributed by atoms with Crippen LogP contribution < -0.4 is 10.5 Å². The highest BCUT2D eigenvalue weighted by molar-refractivity contribution is 7.98. The van der Waals surface area contributed by atoms with Crippen molar-refractivity contribution in [2.24, 2.45) is 5.73 Å². The fraction of sp³-hybridized carbons (Fsp3) is 0.364. The van der Waals surface area contributed by atoms with Crippen molar-refractivity contribution in [2.75, 3.05) is 6.26 Å². The Morgan fingerprint density at radius 1 is 1.53 bits per heavy atom. The van der Waals surface area contributed by atoms with Crippen molar-refractivity contribution in [1.29, 1.82) is 0 Å². The number of carbonyl (C=O) groups excluding carboxylic acids is 1. The number of hydrogen-bond acceptors (Lipinski definition) is 3. The molecule has 0 radical (unpaired) electrons. The average molecular weight is 223 g/mol. The molecule has 80 valence electrons. The summed E-state index contributed by atoms with van der Waals surface area (Å²) in [6.45, 7) is 0. The van der Waals surface area contributed by atoms with Crippen molar-refractivity contribution < 1.29 is 9.53 Å². The van der Waals surface area contributed by atoms with Gasteiger partial charge in [0.05, 0.1) is 11.7 Å². The first-order chi connectivity index (χ1) is 7.22. The lowest BCUT2D eigenvalue weighted by atomic mass is 10.2. The summed E-state index contributed by atoms with van der Waals surface area (Å²) in [5.74, 6) is 0.201. The molecule has 0 saturated heterocycles. The van der Waals surface area contributed by atoms with Crippen LogP contribution in [0.5, 0.6) is 5.75 Å².